The van der Waals surface area contributed by atoms with Gasteiger partial charge in [-0.2, -0.15) is 0 Å². The molecule has 3 heteroatoms. The van der Waals surface area contributed by atoms with Crippen molar-refractivity contribution in [2.24, 2.45) is 4.99 Å². The summed E-state index contributed by atoms with van der Waals surface area (Å²) in [6.45, 7) is 13.4. The molecule has 0 saturated heterocycles. The van der Waals surface area contributed by atoms with Crippen LogP contribution in [0.5, 0.6) is 0 Å². The Morgan fingerprint density at radius 2 is 1.24 bits per heavy atom. The summed E-state index contributed by atoms with van der Waals surface area (Å²) in [7, 11) is 0. The van der Waals surface area contributed by atoms with Crippen LogP contribution in [-0.4, -0.2) is 11.2 Å². The van der Waals surface area contributed by atoms with Crippen LogP contribution in [-0.2, 0) is 10.8 Å². The number of hydrogen-bond donors (Lipinski definition) is 0. The van der Waals surface area contributed by atoms with Crippen molar-refractivity contribution >= 4 is 44.5 Å². The molecule has 0 atom stereocenters. The first-order chi connectivity index (χ1) is 21.6. The average molecular weight is 587 g/mol. The summed E-state index contributed by atoms with van der Waals surface area (Å²) in [6.07, 6.45) is 1.97. The van der Waals surface area contributed by atoms with Gasteiger partial charge in [-0.3, -0.25) is 4.99 Å². The summed E-state index contributed by atoms with van der Waals surface area (Å²) in [5, 5.41) is 4.84. The van der Waals surface area contributed by atoms with E-state index >= 15 is 0 Å². The van der Waals surface area contributed by atoms with Crippen LogP contribution < -0.4 is 0 Å². The molecule has 0 fully saturated rings. The third kappa shape index (κ3) is 5.44. The Labute approximate surface area is 265 Å². The molecule has 1 heterocycles. The average Bonchev–Trinajstić information content (AvgIpc) is 3.47. The number of aliphatic imine (C=N–C) groups is 1. The van der Waals surface area contributed by atoms with Crippen LogP contribution in [0.1, 0.15) is 58.2 Å². The molecule has 1 aromatic heterocycles. The summed E-state index contributed by atoms with van der Waals surface area (Å²) < 4.78 is 6.57. The maximum Gasteiger partial charge on any atom is 0.229 e. The SMILES string of the molecule is CC(C)(C)c1ccc(-c2cc(C(C)(C)C)cc3oc(-c4ccccc4N=Cc4cc5ccccc5c5ccccc45)nc23)cc1. The zero-order valence-corrected chi connectivity index (χ0v) is 26.8. The quantitative estimate of drug-likeness (QED) is 0.152. The van der Waals surface area contributed by atoms with Crippen molar-refractivity contribution in [3.05, 3.63) is 132 Å². The highest BCUT2D eigenvalue weighted by molar-refractivity contribution is 6.14. The van der Waals surface area contributed by atoms with Gasteiger partial charge in [0.2, 0.25) is 5.89 Å². The van der Waals surface area contributed by atoms with E-state index in [-0.39, 0.29) is 10.8 Å². The van der Waals surface area contributed by atoms with Gasteiger partial charge in [0.15, 0.2) is 5.58 Å². The van der Waals surface area contributed by atoms with Crippen LogP contribution in [0.4, 0.5) is 5.69 Å². The van der Waals surface area contributed by atoms with E-state index in [1.807, 2.05) is 30.5 Å². The first-order valence-electron chi connectivity index (χ1n) is 15.7. The molecule has 0 aliphatic carbocycles. The number of para-hydroxylation sites is 1. The number of fused-ring (bicyclic) bond motifs is 4. The molecule has 0 aliphatic rings. The Morgan fingerprint density at radius 1 is 0.600 bits per heavy atom. The fourth-order valence-corrected chi connectivity index (χ4v) is 6.04. The van der Waals surface area contributed by atoms with Gasteiger partial charge in [-0.15, -0.1) is 0 Å². The molecule has 0 saturated carbocycles. The molecule has 3 nitrogen and oxygen atoms in total. The predicted octanol–water partition coefficient (Wildman–Crippen LogP) is 11.8. The molecular weight excluding hydrogens is 548 g/mol. The lowest BCUT2D eigenvalue weighted by molar-refractivity contribution is 0.584. The van der Waals surface area contributed by atoms with Crippen LogP contribution in [0, 0.1) is 0 Å². The molecule has 0 radical (unpaired) electrons. The van der Waals surface area contributed by atoms with Gasteiger partial charge in [-0.1, -0.05) is 126 Å². The van der Waals surface area contributed by atoms with Crippen LogP contribution in [0.2, 0.25) is 0 Å². The Morgan fingerprint density at radius 3 is 1.98 bits per heavy atom. The van der Waals surface area contributed by atoms with Crippen LogP contribution in [0.25, 0.3) is 55.2 Å². The van der Waals surface area contributed by atoms with E-state index in [2.05, 4.69) is 133 Å². The van der Waals surface area contributed by atoms with E-state index in [0.29, 0.717) is 5.89 Å². The Bertz CT molecular complexity index is 2220. The minimum Gasteiger partial charge on any atom is -0.436 e. The molecule has 6 aromatic carbocycles. The summed E-state index contributed by atoms with van der Waals surface area (Å²) in [5.74, 6) is 0.569. The monoisotopic (exact) mass is 586 g/mol. The summed E-state index contributed by atoms with van der Waals surface area (Å²) >= 11 is 0. The molecule has 7 rings (SSSR count). The number of oxazole rings is 1. The molecular formula is C42H38N2O. The van der Waals surface area contributed by atoms with Crippen molar-refractivity contribution in [3.8, 4) is 22.6 Å². The van der Waals surface area contributed by atoms with Gasteiger partial charge in [0, 0.05) is 17.3 Å². The van der Waals surface area contributed by atoms with E-state index in [1.54, 1.807) is 0 Å². The van der Waals surface area contributed by atoms with Gasteiger partial charge in [-0.05, 0) is 79.4 Å². The fourth-order valence-electron chi connectivity index (χ4n) is 6.04. The van der Waals surface area contributed by atoms with Gasteiger partial charge >= 0.3 is 0 Å². The van der Waals surface area contributed by atoms with Crippen molar-refractivity contribution in [1.82, 2.24) is 4.98 Å². The van der Waals surface area contributed by atoms with E-state index < -0.39 is 0 Å². The van der Waals surface area contributed by atoms with Gasteiger partial charge in [-0.25, -0.2) is 4.98 Å². The number of hydrogen-bond acceptors (Lipinski definition) is 3. The normalized spacial score (nSPS) is 12.6. The van der Waals surface area contributed by atoms with E-state index in [1.165, 1.54) is 32.7 Å². The maximum absolute atomic E-state index is 6.57. The molecule has 0 aliphatic heterocycles. The Balaban J connectivity index is 1.35. The zero-order chi connectivity index (χ0) is 31.3. The van der Waals surface area contributed by atoms with Crippen molar-refractivity contribution in [2.75, 3.05) is 0 Å². The summed E-state index contributed by atoms with van der Waals surface area (Å²) in [6, 6.07) is 40.6. The van der Waals surface area contributed by atoms with Crippen molar-refractivity contribution < 1.29 is 4.42 Å². The van der Waals surface area contributed by atoms with Crippen molar-refractivity contribution in [3.63, 3.8) is 0 Å². The second-order valence-electron chi connectivity index (χ2n) is 14.0. The second-order valence-corrected chi connectivity index (χ2v) is 14.0. The smallest absolute Gasteiger partial charge is 0.229 e. The molecule has 0 amide bonds. The van der Waals surface area contributed by atoms with Gasteiger partial charge < -0.3 is 4.42 Å². The first-order valence-corrected chi connectivity index (χ1v) is 15.7. The third-order valence-corrected chi connectivity index (χ3v) is 8.70. The topological polar surface area (TPSA) is 38.4 Å². The van der Waals surface area contributed by atoms with E-state index in [9.17, 15) is 0 Å². The lowest BCUT2D eigenvalue weighted by Crippen LogP contribution is -2.11. The lowest BCUT2D eigenvalue weighted by Gasteiger charge is -2.21. The minimum absolute atomic E-state index is 0.0495. The van der Waals surface area contributed by atoms with Crippen LogP contribution >= 0.6 is 0 Å². The second kappa shape index (κ2) is 10.9. The highest BCUT2D eigenvalue weighted by Gasteiger charge is 2.22. The molecule has 0 spiro atoms. The van der Waals surface area contributed by atoms with E-state index in [0.717, 1.165) is 39.0 Å². The number of aromatic nitrogens is 1. The highest BCUT2D eigenvalue weighted by Crippen LogP contribution is 2.39. The summed E-state index contributed by atoms with van der Waals surface area (Å²) in [4.78, 5) is 10.1. The number of rotatable bonds is 4. The standard InChI is InChI=1S/C42H38N2O/c1-41(2,3)30-21-19-27(20-22-30)36-24-31(42(4,5)6)25-38-39(36)44-40(45-38)35-17-11-12-18-37(35)43-26-29-23-28-13-7-8-14-32(28)34-16-10-9-15-33(29)34/h7-26H,1-6H3. The van der Waals surface area contributed by atoms with Crippen molar-refractivity contribution in [1.29, 1.82) is 0 Å². The highest BCUT2D eigenvalue weighted by atomic mass is 16.3. The minimum atomic E-state index is -0.0495. The molecule has 222 valence electrons. The molecule has 7 aromatic rings. The summed E-state index contributed by atoms with van der Waals surface area (Å²) in [5.41, 5.74) is 9.17. The Hall–Kier alpha value is -5.02. The molecule has 0 bridgehead atoms. The molecule has 45 heavy (non-hydrogen) atoms. The third-order valence-electron chi connectivity index (χ3n) is 8.70. The van der Waals surface area contributed by atoms with E-state index in [4.69, 9.17) is 14.4 Å². The van der Waals surface area contributed by atoms with Crippen LogP contribution in [0.3, 0.4) is 0 Å². The number of benzene rings is 6. The number of nitrogens with zero attached hydrogens (tertiary/aromatic N) is 2. The van der Waals surface area contributed by atoms with Gasteiger partial charge in [0.25, 0.3) is 0 Å². The fraction of sp³-hybridized carbons (Fsp3) is 0.190. The lowest BCUT2D eigenvalue weighted by atomic mass is 9.84. The molecule has 0 unspecified atom stereocenters. The molecule has 0 N–H and O–H groups in total. The van der Waals surface area contributed by atoms with Crippen molar-refractivity contribution in [2.45, 2.75) is 52.4 Å². The zero-order valence-electron chi connectivity index (χ0n) is 26.8. The Kier molecular flexibility index (Phi) is 6.93. The largest absolute Gasteiger partial charge is 0.436 e. The van der Waals surface area contributed by atoms with Gasteiger partial charge in [0.05, 0.1) is 11.3 Å². The maximum atomic E-state index is 6.57. The van der Waals surface area contributed by atoms with Gasteiger partial charge in [0.1, 0.15) is 5.52 Å². The first kappa shape index (κ1) is 28.7. The van der Waals surface area contributed by atoms with Crippen LogP contribution in [0.15, 0.2) is 125 Å². The predicted molar refractivity (Wildman–Crippen MR) is 191 cm³/mol.